The molecule has 0 radical (unpaired) electrons. The molecule has 2 heterocycles. The van der Waals surface area contributed by atoms with Crippen molar-refractivity contribution in [3.63, 3.8) is 0 Å². The number of hydrogen-bond donors (Lipinski definition) is 3. The summed E-state index contributed by atoms with van der Waals surface area (Å²) in [5, 5.41) is 0. The summed E-state index contributed by atoms with van der Waals surface area (Å²) in [7, 11) is 0. The Kier molecular flexibility index (Phi) is 3.14. The van der Waals surface area contributed by atoms with Gasteiger partial charge in [0.25, 0.3) is 0 Å². The first-order valence-electron chi connectivity index (χ1n) is 5.09. The highest BCUT2D eigenvalue weighted by atomic mass is 14.9. The molecule has 0 amide bonds. The molecule has 5 nitrogen and oxygen atoms in total. The zero-order valence-corrected chi connectivity index (χ0v) is 8.53. The van der Waals surface area contributed by atoms with Crippen LogP contribution in [-0.4, -0.2) is 26.5 Å². The lowest BCUT2D eigenvalue weighted by molar-refractivity contribution is 0.827. The van der Waals surface area contributed by atoms with Gasteiger partial charge in [0.1, 0.15) is 11.6 Å². The quantitative estimate of drug-likeness (QED) is 0.661. The van der Waals surface area contributed by atoms with E-state index >= 15 is 0 Å². The van der Waals surface area contributed by atoms with Crippen molar-refractivity contribution in [1.82, 2.24) is 19.9 Å². The minimum absolute atomic E-state index is 0.653. The van der Waals surface area contributed by atoms with Crippen molar-refractivity contribution in [2.24, 2.45) is 5.73 Å². The SMILES string of the molecule is NCCc1cnc(CCc2ncc[nH]2)[nH]1. The fraction of sp³-hybridized carbons (Fsp3) is 0.400. The molecular formula is C10H15N5. The fourth-order valence-corrected chi connectivity index (χ4v) is 1.49. The maximum Gasteiger partial charge on any atom is 0.106 e. The molecule has 0 saturated carbocycles. The number of aromatic nitrogens is 4. The first kappa shape index (κ1) is 9.92. The highest BCUT2D eigenvalue weighted by molar-refractivity contribution is 5.03. The Balaban J connectivity index is 1.88. The molecule has 0 atom stereocenters. The topological polar surface area (TPSA) is 83.4 Å². The van der Waals surface area contributed by atoms with Gasteiger partial charge in [-0.3, -0.25) is 0 Å². The van der Waals surface area contributed by atoms with Gasteiger partial charge < -0.3 is 15.7 Å². The minimum atomic E-state index is 0.653. The van der Waals surface area contributed by atoms with Crippen molar-refractivity contribution < 1.29 is 0 Å². The van der Waals surface area contributed by atoms with Crippen LogP contribution in [0.3, 0.4) is 0 Å². The fourth-order valence-electron chi connectivity index (χ4n) is 1.49. The largest absolute Gasteiger partial charge is 0.349 e. The highest BCUT2D eigenvalue weighted by Crippen LogP contribution is 2.01. The van der Waals surface area contributed by atoms with Crippen LogP contribution in [0.25, 0.3) is 0 Å². The van der Waals surface area contributed by atoms with Crippen molar-refractivity contribution in [3.05, 3.63) is 35.9 Å². The van der Waals surface area contributed by atoms with E-state index in [0.29, 0.717) is 6.54 Å². The molecule has 15 heavy (non-hydrogen) atoms. The standard InChI is InChI=1S/C10H15N5/c11-4-3-8-7-14-10(15-8)2-1-9-12-5-6-13-9/h5-7H,1-4,11H2,(H,12,13)(H,14,15). The van der Waals surface area contributed by atoms with Gasteiger partial charge in [-0.15, -0.1) is 0 Å². The summed E-state index contributed by atoms with van der Waals surface area (Å²) in [6.45, 7) is 0.653. The number of hydrogen-bond acceptors (Lipinski definition) is 3. The average molecular weight is 205 g/mol. The smallest absolute Gasteiger partial charge is 0.106 e. The Labute approximate surface area is 88.1 Å². The maximum atomic E-state index is 5.46. The molecule has 5 heteroatoms. The van der Waals surface area contributed by atoms with Gasteiger partial charge in [-0.25, -0.2) is 9.97 Å². The molecule has 2 aromatic rings. The van der Waals surface area contributed by atoms with Crippen molar-refractivity contribution >= 4 is 0 Å². The molecule has 0 fully saturated rings. The van der Waals surface area contributed by atoms with Gasteiger partial charge in [0, 0.05) is 43.5 Å². The number of aryl methyl sites for hydroxylation is 2. The maximum absolute atomic E-state index is 5.46. The molecule has 2 aromatic heterocycles. The Morgan fingerprint density at radius 3 is 2.73 bits per heavy atom. The number of H-pyrrole nitrogens is 2. The van der Waals surface area contributed by atoms with Gasteiger partial charge in [0.2, 0.25) is 0 Å². The second kappa shape index (κ2) is 4.75. The number of nitrogens with one attached hydrogen (secondary N) is 2. The predicted molar refractivity (Wildman–Crippen MR) is 57.3 cm³/mol. The molecule has 0 unspecified atom stereocenters. The number of rotatable bonds is 5. The highest BCUT2D eigenvalue weighted by Gasteiger charge is 2.01. The number of nitrogens with zero attached hydrogens (tertiary/aromatic N) is 2. The Morgan fingerprint density at radius 2 is 2.00 bits per heavy atom. The van der Waals surface area contributed by atoms with Crippen molar-refractivity contribution in [2.45, 2.75) is 19.3 Å². The summed E-state index contributed by atoms with van der Waals surface area (Å²) in [6.07, 6.45) is 8.05. The molecule has 4 N–H and O–H groups in total. The van der Waals surface area contributed by atoms with Crippen LogP contribution in [0, 0.1) is 0 Å². The van der Waals surface area contributed by atoms with Crippen LogP contribution in [0.5, 0.6) is 0 Å². The third-order valence-electron chi connectivity index (χ3n) is 2.25. The summed E-state index contributed by atoms with van der Waals surface area (Å²) in [5.74, 6) is 1.99. The lowest BCUT2D eigenvalue weighted by atomic mass is 10.3. The molecule has 0 aliphatic heterocycles. The lowest BCUT2D eigenvalue weighted by Crippen LogP contribution is -2.03. The monoisotopic (exact) mass is 205 g/mol. The second-order valence-electron chi connectivity index (χ2n) is 3.43. The summed E-state index contributed by atoms with van der Waals surface area (Å²) in [4.78, 5) is 14.7. The summed E-state index contributed by atoms with van der Waals surface area (Å²) >= 11 is 0. The minimum Gasteiger partial charge on any atom is -0.349 e. The first-order valence-corrected chi connectivity index (χ1v) is 5.09. The van der Waals surface area contributed by atoms with E-state index in [0.717, 1.165) is 36.6 Å². The van der Waals surface area contributed by atoms with Crippen LogP contribution in [0.15, 0.2) is 18.6 Å². The molecule has 2 rings (SSSR count). The Bertz CT molecular complexity index is 390. The third-order valence-corrected chi connectivity index (χ3v) is 2.25. The molecule has 80 valence electrons. The van der Waals surface area contributed by atoms with Gasteiger partial charge in [-0.2, -0.15) is 0 Å². The number of nitrogens with two attached hydrogens (primary N) is 1. The van der Waals surface area contributed by atoms with Crippen LogP contribution in [0.4, 0.5) is 0 Å². The van der Waals surface area contributed by atoms with E-state index < -0.39 is 0 Å². The van der Waals surface area contributed by atoms with E-state index in [1.165, 1.54) is 0 Å². The Morgan fingerprint density at radius 1 is 1.13 bits per heavy atom. The lowest BCUT2D eigenvalue weighted by Gasteiger charge is -1.94. The van der Waals surface area contributed by atoms with Gasteiger partial charge in [0.15, 0.2) is 0 Å². The molecule has 0 saturated heterocycles. The first-order chi connectivity index (χ1) is 7.38. The third kappa shape index (κ3) is 2.66. The van der Waals surface area contributed by atoms with Crippen LogP contribution >= 0.6 is 0 Å². The van der Waals surface area contributed by atoms with Gasteiger partial charge in [0.05, 0.1) is 0 Å². The van der Waals surface area contributed by atoms with Gasteiger partial charge in [-0.05, 0) is 6.54 Å². The molecule has 0 aliphatic rings. The van der Waals surface area contributed by atoms with Crippen molar-refractivity contribution in [1.29, 1.82) is 0 Å². The zero-order chi connectivity index (χ0) is 10.5. The number of aromatic amines is 2. The van der Waals surface area contributed by atoms with E-state index in [2.05, 4.69) is 19.9 Å². The van der Waals surface area contributed by atoms with Crippen molar-refractivity contribution in [2.75, 3.05) is 6.54 Å². The normalized spacial score (nSPS) is 10.7. The molecular weight excluding hydrogens is 190 g/mol. The van der Waals surface area contributed by atoms with Gasteiger partial charge >= 0.3 is 0 Å². The van der Waals surface area contributed by atoms with Crippen molar-refractivity contribution in [3.8, 4) is 0 Å². The van der Waals surface area contributed by atoms with E-state index in [9.17, 15) is 0 Å². The summed E-state index contributed by atoms with van der Waals surface area (Å²) in [6, 6.07) is 0. The zero-order valence-electron chi connectivity index (χ0n) is 8.53. The molecule has 0 aromatic carbocycles. The average Bonchev–Trinajstić information content (AvgIpc) is 2.85. The van der Waals surface area contributed by atoms with E-state index in [1.807, 2.05) is 12.4 Å². The van der Waals surface area contributed by atoms with E-state index in [-0.39, 0.29) is 0 Å². The van der Waals surface area contributed by atoms with Crippen LogP contribution < -0.4 is 5.73 Å². The van der Waals surface area contributed by atoms with Crippen LogP contribution in [0.1, 0.15) is 17.3 Å². The number of imidazole rings is 2. The van der Waals surface area contributed by atoms with Crippen LogP contribution in [0.2, 0.25) is 0 Å². The predicted octanol–water partition coefficient (Wildman–Crippen LogP) is 0.419. The molecule has 0 aliphatic carbocycles. The summed E-state index contributed by atoms with van der Waals surface area (Å²) in [5.41, 5.74) is 6.56. The summed E-state index contributed by atoms with van der Waals surface area (Å²) < 4.78 is 0. The van der Waals surface area contributed by atoms with Gasteiger partial charge in [-0.1, -0.05) is 0 Å². The van der Waals surface area contributed by atoms with E-state index in [4.69, 9.17) is 5.73 Å². The molecule has 0 bridgehead atoms. The second-order valence-corrected chi connectivity index (χ2v) is 3.43. The van der Waals surface area contributed by atoms with Crippen LogP contribution in [-0.2, 0) is 19.3 Å². The van der Waals surface area contributed by atoms with E-state index in [1.54, 1.807) is 6.20 Å². The molecule has 0 spiro atoms. The Hall–Kier alpha value is -1.62.